The van der Waals surface area contributed by atoms with E-state index in [1.807, 2.05) is 56.0 Å². The molecule has 1 atom stereocenters. The Morgan fingerprint density at radius 1 is 0.956 bits per heavy atom. The lowest BCUT2D eigenvalue weighted by Gasteiger charge is -2.30. The number of nitrogens with one attached hydrogen (secondary N) is 1. The Morgan fingerprint density at radius 3 is 2.22 bits per heavy atom. The molecule has 0 unspecified atom stereocenters. The van der Waals surface area contributed by atoms with Gasteiger partial charge in [0.1, 0.15) is 17.5 Å². The van der Waals surface area contributed by atoms with Gasteiger partial charge in [0.2, 0.25) is 5.95 Å². The van der Waals surface area contributed by atoms with Gasteiger partial charge in [0.15, 0.2) is 5.82 Å². The summed E-state index contributed by atoms with van der Waals surface area (Å²) in [5, 5.41) is 13.3. The fourth-order valence-corrected chi connectivity index (χ4v) is 5.23. The van der Waals surface area contributed by atoms with Gasteiger partial charge < -0.3 is 29.9 Å². The third kappa shape index (κ3) is 8.62. The highest BCUT2D eigenvalue weighted by molar-refractivity contribution is 5.95. The van der Waals surface area contributed by atoms with E-state index in [1.165, 1.54) is 0 Å². The first-order valence-corrected chi connectivity index (χ1v) is 15.5. The summed E-state index contributed by atoms with van der Waals surface area (Å²) in [5.41, 5.74) is 2.09. The number of aromatic nitrogens is 2. The lowest BCUT2D eigenvalue weighted by molar-refractivity contribution is -0.137. The Bertz CT molecular complexity index is 1430. The summed E-state index contributed by atoms with van der Waals surface area (Å²) in [6.45, 7) is 9.23. The van der Waals surface area contributed by atoms with Crippen molar-refractivity contribution >= 4 is 35.5 Å². The molecule has 3 amide bonds. The van der Waals surface area contributed by atoms with E-state index in [2.05, 4.69) is 10.3 Å². The molecule has 0 radical (unpaired) electrons. The van der Waals surface area contributed by atoms with Gasteiger partial charge in [-0.3, -0.25) is 4.90 Å². The maximum absolute atomic E-state index is 13.7. The van der Waals surface area contributed by atoms with Crippen molar-refractivity contribution in [2.45, 2.75) is 52.6 Å². The van der Waals surface area contributed by atoms with Crippen LogP contribution in [0, 0.1) is 0 Å². The van der Waals surface area contributed by atoms with Crippen molar-refractivity contribution in [2.24, 2.45) is 0 Å². The van der Waals surface area contributed by atoms with E-state index >= 15 is 0 Å². The topological polar surface area (TPSA) is 131 Å². The first-order valence-electron chi connectivity index (χ1n) is 15.5. The minimum atomic E-state index is -1.08. The van der Waals surface area contributed by atoms with E-state index in [4.69, 9.17) is 9.72 Å². The highest BCUT2D eigenvalue weighted by Gasteiger charge is 2.27. The van der Waals surface area contributed by atoms with Crippen molar-refractivity contribution in [3.63, 3.8) is 0 Å². The summed E-state index contributed by atoms with van der Waals surface area (Å²) in [5.74, 6) is -0.00213. The van der Waals surface area contributed by atoms with E-state index in [-0.39, 0.29) is 24.4 Å². The third-order valence-corrected chi connectivity index (χ3v) is 7.77. The summed E-state index contributed by atoms with van der Waals surface area (Å²) in [4.78, 5) is 54.6. The van der Waals surface area contributed by atoms with Crippen molar-refractivity contribution in [2.75, 3.05) is 54.9 Å². The molecule has 0 bridgehead atoms. The monoisotopic (exact) mass is 617 g/mol. The van der Waals surface area contributed by atoms with E-state index < -0.39 is 12.0 Å². The molecule has 4 rings (SSSR count). The average Bonchev–Trinajstić information content (AvgIpc) is 3.59. The molecule has 1 saturated heterocycles. The second-order valence-electron chi connectivity index (χ2n) is 10.9. The SMILES string of the molecule is CCN(CC)c1ncc(N(CC)C(=O)N(C)Cc2ccccc2)c(N[C@@H](Cc2ccc(OC(=O)N3CCCC3)cc2)C(=O)O)n1. The quantitative estimate of drug-likeness (QED) is 0.269. The molecule has 3 aromatic rings. The van der Waals surface area contributed by atoms with Crippen molar-refractivity contribution < 1.29 is 24.2 Å². The van der Waals surface area contributed by atoms with Crippen molar-refractivity contribution in [3.8, 4) is 5.75 Å². The highest BCUT2D eigenvalue weighted by atomic mass is 16.6. The molecule has 240 valence electrons. The number of anilines is 3. The smallest absolute Gasteiger partial charge is 0.415 e. The van der Waals surface area contributed by atoms with Crippen LogP contribution in [0.15, 0.2) is 60.8 Å². The fourth-order valence-electron chi connectivity index (χ4n) is 5.23. The van der Waals surface area contributed by atoms with Gasteiger partial charge in [-0.25, -0.2) is 19.4 Å². The van der Waals surface area contributed by atoms with Crippen molar-refractivity contribution in [1.29, 1.82) is 0 Å². The average molecular weight is 618 g/mol. The second kappa shape index (κ2) is 15.7. The Kier molecular flexibility index (Phi) is 11.5. The summed E-state index contributed by atoms with van der Waals surface area (Å²) < 4.78 is 5.48. The first-order chi connectivity index (χ1) is 21.7. The molecule has 45 heavy (non-hydrogen) atoms. The Morgan fingerprint density at radius 2 is 1.62 bits per heavy atom. The van der Waals surface area contributed by atoms with Gasteiger partial charge in [-0.1, -0.05) is 42.5 Å². The number of carboxylic acid groups (broad SMARTS) is 1. The van der Waals surface area contributed by atoms with E-state index in [1.54, 1.807) is 52.2 Å². The Labute approximate surface area is 264 Å². The number of likely N-dealkylation sites (tertiary alicyclic amines) is 1. The maximum atomic E-state index is 13.7. The summed E-state index contributed by atoms with van der Waals surface area (Å²) >= 11 is 0. The van der Waals surface area contributed by atoms with Gasteiger partial charge in [0.25, 0.3) is 0 Å². The number of hydrogen-bond acceptors (Lipinski definition) is 8. The molecular formula is C33H43N7O5. The maximum Gasteiger partial charge on any atom is 0.415 e. The van der Waals surface area contributed by atoms with Gasteiger partial charge in [-0.05, 0) is 56.9 Å². The minimum absolute atomic E-state index is 0.119. The number of carbonyl (C=O) groups excluding carboxylic acids is 2. The summed E-state index contributed by atoms with van der Waals surface area (Å²) in [6, 6.07) is 15.2. The van der Waals surface area contributed by atoms with E-state index in [0.29, 0.717) is 56.7 Å². The first kappa shape index (κ1) is 33.0. The van der Waals surface area contributed by atoms with Crippen LogP contribution in [0.2, 0.25) is 0 Å². The van der Waals surface area contributed by atoms with Crippen LogP contribution in [0.25, 0.3) is 0 Å². The number of carbonyl (C=O) groups is 3. The van der Waals surface area contributed by atoms with Crippen LogP contribution in [0.1, 0.15) is 44.7 Å². The largest absolute Gasteiger partial charge is 0.480 e. The van der Waals surface area contributed by atoms with Gasteiger partial charge >= 0.3 is 18.1 Å². The number of nitrogens with zero attached hydrogens (tertiary/aromatic N) is 6. The molecule has 2 heterocycles. The molecule has 2 N–H and O–H groups in total. The van der Waals surface area contributed by atoms with Crippen LogP contribution in [-0.2, 0) is 17.8 Å². The van der Waals surface area contributed by atoms with Crippen LogP contribution in [0.5, 0.6) is 5.75 Å². The molecule has 0 saturated carbocycles. The molecule has 1 aromatic heterocycles. The second-order valence-corrected chi connectivity index (χ2v) is 10.9. The predicted molar refractivity (Wildman–Crippen MR) is 174 cm³/mol. The normalized spacial score (nSPS) is 13.2. The van der Waals surface area contributed by atoms with Crippen molar-refractivity contribution in [1.82, 2.24) is 19.8 Å². The molecule has 12 heteroatoms. The number of aliphatic carboxylic acids is 1. The highest BCUT2D eigenvalue weighted by Crippen LogP contribution is 2.28. The summed E-state index contributed by atoms with van der Waals surface area (Å²) in [6.07, 6.45) is 3.25. The number of rotatable bonds is 13. The van der Waals surface area contributed by atoms with Gasteiger partial charge in [0, 0.05) is 52.7 Å². The number of hydrogen-bond donors (Lipinski definition) is 2. The zero-order valence-electron chi connectivity index (χ0n) is 26.5. The van der Waals surface area contributed by atoms with Crippen LogP contribution < -0.4 is 19.9 Å². The molecule has 0 spiro atoms. The molecular weight excluding hydrogens is 574 g/mol. The molecule has 1 fully saturated rings. The number of ether oxygens (including phenoxy) is 1. The molecule has 2 aromatic carbocycles. The van der Waals surface area contributed by atoms with Crippen LogP contribution in [0.3, 0.4) is 0 Å². The number of urea groups is 1. The molecule has 1 aliphatic heterocycles. The predicted octanol–water partition coefficient (Wildman–Crippen LogP) is 5.10. The number of benzene rings is 2. The number of amides is 3. The summed E-state index contributed by atoms with van der Waals surface area (Å²) in [7, 11) is 1.72. The standard InChI is InChI=1S/C33H43N7O5/c1-5-38(6-2)31-34-22-28(40(7-3)32(43)37(4)23-25-13-9-8-10-14-25)29(36-31)35-27(30(41)42)21-24-15-17-26(18-16-24)45-33(44)39-19-11-12-20-39/h8-10,13-18,22,27H,5-7,11-12,19-21,23H2,1-4H3,(H,41,42)(H,34,35,36)/t27-/m0/s1. The lowest BCUT2D eigenvalue weighted by Crippen LogP contribution is -2.42. The van der Waals surface area contributed by atoms with Crippen LogP contribution in [-0.4, -0.2) is 88.8 Å². The third-order valence-electron chi connectivity index (χ3n) is 7.77. The van der Waals surface area contributed by atoms with Crippen LogP contribution >= 0.6 is 0 Å². The van der Waals surface area contributed by atoms with Crippen molar-refractivity contribution in [3.05, 3.63) is 71.9 Å². The van der Waals surface area contributed by atoms with E-state index in [9.17, 15) is 19.5 Å². The Hall–Kier alpha value is -4.87. The zero-order chi connectivity index (χ0) is 32.3. The lowest BCUT2D eigenvalue weighted by atomic mass is 10.1. The number of carboxylic acids is 1. The zero-order valence-corrected chi connectivity index (χ0v) is 26.5. The van der Waals surface area contributed by atoms with Gasteiger partial charge in [-0.2, -0.15) is 4.98 Å². The minimum Gasteiger partial charge on any atom is -0.480 e. The van der Waals surface area contributed by atoms with E-state index in [0.717, 1.165) is 24.0 Å². The molecule has 0 aliphatic carbocycles. The van der Waals surface area contributed by atoms with Crippen LogP contribution in [0.4, 0.5) is 27.0 Å². The fraction of sp³-hybridized carbons (Fsp3) is 0.424. The van der Waals surface area contributed by atoms with Gasteiger partial charge in [0.05, 0.1) is 6.20 Å². The molecule has 1 aliphatic rings. The molecule has 12 nitrogen and oxygen atoms in total. The Balaban J connectivity index is 1.57. The van der Waals surface area contributed by atoms with Gasteiger partial charge in [-0.15, -0.1) is 0 Å².